The summed E-state index contributed by atoms with van der Waals surface area (Å²) in [6.45, 7) is 0.403. The molecule has 7 nitrogen and oxygen atoms in total. The van der Waals surface area contributed by atoms with Crippen molar-refractivity contribution in [1.29, 1.82) is 0 Å². The van der Waals surface area contributed by atoms with Crippen LogP contribution in [0.3, 0.4) is 0 Å². The number of carbonyl (C=O) groups is 2. The Morgan fingerprint density at radius 1 is 0.969 bits per heavy atom. The minimum Gasteiger partial charge on any atom is -0.493 e. The number of methoxy groups -OCH3 is 1. The second kappa shape index (κ2) is 11.3. The molecule has 3 aromatic rings. The second-order valence-electron chi connectivity index (χ2n) is 6.71. The highest BCUT2D eigenvalue weighted by molar-refractivity contribution is 6.03. The molecule has 2 N–H and O–H groups in total. The van der Waals surface area contributed by atoms with E-state index in [1.54, 1.807) is 18.2 Å². The van der Waals surface area contributed by atoms with Crippen LogP contribution in [0.5, 0.6) is 11.5 Å². The monoisotopic (exact) mass is 435 g/mol. The van der Waals surface area contributed by atoms with E-state index in [1.807, 2.05) is 30.3 Å². The lowest BCUT2D eigenvalue weighted by Gasteiger charge is -2.11. The third kappa shape index (κ3) is 6.94. The van der Waals surface area contributed by atoms with E-state index in [0.29, 0.717) is 29.4 Å². The first-order valence-corrected chi connectivity index (χ1v) is 9.75. The smallest absolute Gasteiger partial charge is 0.249 e. The van der Waals surface area contributed by atoms with E-state index in [-0.39, 0.29) is 0 Å². The molecule has 2 amide bonds. The molecule has 0 aliphatic carbocycles. The van der Waals surface area contributed by atoms with Crippen LogP contribution in [0.4, 0.5) is 10.1 Å². The van der Waals surface area contributed by atoms with E-state index in [1.165, 1.54) is 37.6 Å². The van der Waals surface area contributed by atoms with Gasteiger partial charge in [-0.25, -0.2) is 9.82 Å². The van der Waals surface area contributed by atoms with Crippen molar-refractivity contribution in [1.82, 2.24) is 5.43 Å². The second-order valence-corrected chi connectivity index (χ2v) is 6.71. The van der Waals surface area contributed by atoms with Gasteiger partial charge in [0, 0.05) is 5.69 Å². The minimum atomic E-state index is -0.587. The highest BCUT2D eigenvalue weighted by Crippen LogP contribution is 2.28. The number of hydrogen-bond donors (Lipinski definition) is 2. The quantitative estimate of drug-likeness (QED) is 0.303. The molecule has 0 aliphatic rings. The lowest BCUT2D eigenvalue weighted by atomic mass is 10.2. The molecule has 0 spiro atoms. The first-order chi connectivity index (χ1) is 15.5. The Morgan fingerprint density at radius 3 is 2.44 bits per heavy atom. The van der Waals surface area contributed by atoms with Gasteiger partial charge in [-0.3, -0.25) is 9.59 Å². The van der Waals surface area contributed by atoms with Gasteiger partial charge in [0.05, 0.1) is 13.3 Å². The van der Waals surface area contributed by atoms with Gasteiger partial charge in [-0.1, -0.05) is 30.3 Å². The Labute approximate surface area is 184 Å². The van der Waals surface area contributed by atoms with Crippen molar-refractivity contribution in [2.24, 2.45) is 5.10 Å². The van der Waals surface area contributed by atoms with Crippen molar-refractivity contribution in [2.45, 2.75) is 13.0 Å². The fraction of sp³-hybridized carbons (Fsp3) is 0.125. The van der Waals surface area contributed by atoms with Gasteiger partial charge in [0.1, 0.15) is 18.8 Å². The first kappa shape index (κ1) is 22.5. The predicted octanol–water partition coefficient (Wildman–Crippen LogP) is 3.89. The highest BCUT2D eigenvalue weighted by Gasteiger charge is 2.09. The van der Waals surface area contributed by atoms with Gasteiger partial charge in [-0.15, -0.1) is 0 Å². The van der Waals surface area contributed by atoms with Crippen LogP contribution in [0.15, 0.2) is 77.9 Å². The third-order valence-electron chi connectivity index (χ3n) is 4.28. The molecule has 0 heterocycles. The first-order valence-electron chi connectivity index (χ1n) is 9.75. The SMILES string of the molecule is COc1cc(C=NNC(=O)CC(=O)Nc2ccc(F)cc2)ccc1OCc1ccccc1. The normalized spacial score (nSPS) is 10.6. The maximum atomic E-state index is 12.9. The molecule has 0 atom stereocenters. The van der Waals surface area contributed by atoms with E-state index in [9.17, 15) is 14.0 Å². The molecule has 8 heteroatoms. The van der Waals surface area contributed by atoms with Crippen molar-refractivity contribution < 1.29 is 23.5 Å². The number of hydrogen-bond acceptors (Lipinski definition) is 5. The lowest BCUT2D eigenvalue weighted by Crippen LogP contribution is -2.24. The average Bonchev–Trinajstić information content (AvgIpc) is 2.80. The van der Waals surface area contributed by atoms with Gasteiger partial charge < -0.3 is 14.8 Å². The van der Waals surface area contributed by atoms with E-state index < -0.39 is 24.1 Å². The summed E-state index contributed by atoms with van der Waals surface area (Å²) >= 11 is 0. The van der Waals surface area contributed by atoms with Crippen molar-refractivity contribution in [3.8, 4) is 11.5 Å². The summed E-state index contributed by atoms with van der Waals surface area (Å²) < 4.78 is 24.1. The zero-order valence-corrected chi connectivity index (χ0v) is 17.4. The lowest BCUT2D eigenvalue weighted by molar-refractivity contribution is -0.126. The Bertz CT molecular complexity index is 1090. The molecule has 164 valence electrons. The predicted molar refractivity (Wildman–Crippen MR) is 119 cm³/mol. The molecule has 0 saturated heterocycles. The molecule has 0 unspecified atom stereocenters. The molecule has 32 heavy (non-hydrogen) atoms. The number of ether oxygens (including phenoxy) is 2. The van der Waals surface area contributed by atoms with Gasteiger partial charge >= 0.3 is 0 Å². The third-order valence-corrected chi connectivity index (χ3v) is 4.28. The number of nitrogens with one attached hydrogen (secondary N) is 2. The van der Waals surface area contributed by atoms with Crippen LogP contribution in [-0.2, 0) is 16.2 Å². The number of anilines is 1. The van der Waals surface area contributed by atoms with Crippen molar-refractivity contribution in [3.05, 3.63) is 89.7 Å². The zero-order valence-electron chi connectivity index (χ0n) is 17.4. The Balaban J connectivity index is 1.50. The van der Waals surface area contributed by atoms with E-state index in [0.717, 1.165) is 5.56 Å². The molecule has 0 radical (unpaired) electrons. The number of amides is 2. The number of rotatable bonds is 9. The maximum absolute atomic E-state index is 12.9. The Morgan fingerprint density at radius 2 is 1.72 bits per heavy atom. The van der Waals surface area contributed by atoms with Gasteiger partial charge in [-0.2, -0.15) is 5.10 Å². The number of hydrazone groups is 1. The van der Waals surface area contributed by atoms with Gasteiger partial charge in [0.15, 0.2) is 11.5 Å². The molecule has 0 fully saturated rings. The average molecular weight is 435 g/mol. The van der Waals surface area contributed by atoms with Crippen molar-refractivity contribution in [3.63, 3.8) is 0 Å². The molecule has 3 rings (SSSR count). The highest BCUT2D eigenvalue weighted by atomic mass is 19.1. The van der Waals surface area contributed by atoms with Gasteiger partial charge in [0.25, 0.3) is 0 Å². The van der Waals surface area contributed by atoms with Crippen LogP contribution in [0.1, 0.15) is 17.5 Å². The summed E-state index contributed by atoms with van der Waals surface area (Å²) in [4.78, 5) is 23.8. The van der Waals surface area contributed by atoms with Crippen LogP contribution in [0, 0.1) is 5.82 Å². The number of halogens is 1. The number of nitrogens with zero attached hydrogens (tertiary/aromatic N) is 1. The molecular formula is C24H22FN3O4. The van der Waals surface area contributed by atoms with Crippen LogP contribution in [0.2, 0.25) is 0 Å². The molecule has 0 aliphatic heterocycles. The fourth-order valence-corrected chi connectivity index (χ4v) is 2.72. The Hall–Kier alpha value is -4.20. The molecule has 0 bridgehead atoms. The largest absolute Gasteiger partial charge is 0.493 e. The van der Waals surface area contributed by atoms with Crippen LogP contribution >= 0.6 is 0 Å². The van der Waals surface area contributed by atoms with E-state index in [2.05, 4.69) is 15.8 Å². The Kier molecular flexibility index (Phi) is 7.91. The van der Waals surface area contributed by atoms with Gasteiger partial charge in [0.2, 0.25) is 11.8 Å². The van der Waals surface area contributed by atoms with E-state index >= 15 is 0 Å². The minimum absolute atomic E-state index is 0.398. The maximum Gasteiger partial charge on any atom is 0.249 e. The standard InChI is InChI=1S/C24H22FN3O4/c1-31-22-13-18(7-12-21(22)32-16-17-5-3-2-4-6-17)15-26-28-24(30)14-23(29)27-20-10-8-19(25)9-11-20/h2-13,15H,14,16H2,1H3,(H,27,29)(H,28,30). The molecule has 3 aromatic carbocycles. The summed E-state index contributed by atoms with van der Waals surface area (Å²) in [5.74, 6) is -0.436. The summed E-state index contributed by atoms with van der Waals surface area (Å²) in [5.41, 5.74) is 4.40. The number of benzene rings is 3. The van der Waals surface area contributed by atoms with Crippen LogP contribution in [-0.4, -0.2) is 25.1 Å². The molecule has 0 aromatic heterocycles. The van der Waals surface area contributed by atoms with Gasteiger partial charge in [-0.05, 0) is 53.6 Å². The summed E-state index contributed by atoms with van der Waals surface area (Å²) in [5, 5.41) is 6.37. The van der Waals surface area contributed by atoms with Crippen LogP contribution < -0.4 is 20.2 Å². The number of carbonyl (C=O) groups excluding carboxylic acids is 2. The molecular weight excluding hydrogens is 413 g/mol. The summed E-state index contributed by atoms with van der Waals surface area (Å²) in [7, 11) is 1.53. The van der Waals surface area contributed by atoms with Crippen molar-refractivity contribution >= 4 is 23.7 Å². The van der Waals surface area contributed by atoms with E-state index in [4.69, 9.17) is 9.47 Å². The fourth-order valence-electron chi connectivity index (χ4n) is 2.72. The molecule has 0 saturated carbocycles. The van der Waals surface area contributed by atoms with Crippen molar-refractivity contribution in [2.75, 3.05) is 12.4 Å². The summed E-state index contributed by atoms with van der Waals surface area (Å²) in [6, 6.07) is 20.2. The topological polar surface area (TPSA) is 89.0 Å². The van der Waals surface area contributed by atoms with Crippen LogP contribution in [0.25, 0.3) is 0 Å². The summed E-state index contributed by atoms with van der Waals surface area (Å²) in [6.07, 6.45) is 1.00. The zero-order chi connectivity index (χ0) is 22.8.